The van der Waals surface area contributed by atoms with Crippen molar-refractivity contribution in [1.29, 1.82) is 0 Å². The summed E-state index contributed by atoms with van der Waals surface area (Å²) >= 11 is 7.62. The summed E-state index contributed by atoms with van der Waals surface area (Å²) in [5.41, 5.74) is 0.546. The topological polar surface area (TPSA) is 49.3 Å². The number of benzene rings is 1. The molecule has 0 aromatic heterocycles. The van der Waals surface area contributed by atoms with Gasteiger partial charge in [-0.3, -0.25) is 4.79 Å². The highest BCUT2D eigenvalue weighted by Gasteiger charge is 2.18. The van der Waals surface area contributed by atoms with E-state index >= 15 is 0 Å². The molecule has 5 heteroatoms. The Morgan fingerprint density at radius 2 is 2.17 bits per heavy atom. The third-order valence-electron chi connectivity index (χ3n) is 2.77. The van der Waals surface area contributed by atoms with Crippen LogP contribution in [-0.2, 0) is 0 Å². The van der Waals surface area contributed by atoms with Crippen LogP contribution in [0.25, 0.3) is 0 Å². The van der Waals surface area contributed by atoms with E-state index in [0.717, 1.165) is 4.47 Å². The fraction of sp³-hybridized carbons (Fsp3) is 0.462. The molecule has 18 heavy (non-hydrogen) atoms. The van der Waals surface area contributed by atoms with Gasteiger partial charge < -0.3 is 10.4 Å². The van der Waals surface area contributed by atoms with Gasteiger partial charge in [0.15, 0.2) is 0 Å². The number of carbonyl (C=O) groups excluding carboxylic acids is 1. The maximum Gasteiger partial charge on any atom is 0.252 e. The smallest absolute Gasteiger partial charge is 0.252 e. The largest absolute Gasteiger partial charge is 0.396 e. The second-order valence-corrected chi connectivity index (χ2v) is 5.90. The second kappa shape index (κ2) is 7.16. The standard InChI is InChI=1S/C13H18BrNO2S/c1-8(2)11(5-6-16)15-13(17)10-4-3-9(14)7-12(10)18/h3-4,7-8,11,16,18H,5-6H2,1-2H3,(H,15,17). The maximum atomic E-state index is 12.1. The first kappa shape index (κ1) is 15.5. The molecule has 1 aromatic carbocycles. The third kappa shape index (κ3) is 4.30. The molecule has 0 saturated heterocycles. The molecule has 0 heterocycles. The average molecular weight is 332 g/mol. The summed E-state index contributed by atoms with van der Waals surface area (Å²) in [6.45, 7) is 4.10. The van der Waals surface area contributed by atoms with Crippen molar-refractivity contribution in [2.24, 2.45) is 5.92 Å². The highest BCUT2D eigenvalue weighted by atomic mass is 79.9. The molecular formula is C13H18BrNO2S. The van der Waals surface area contributed by atoms with Gasteiger partial charge in [0.1, 0.15) is 0 Å². The lowest BCUT2D eigenvalue weighted by Gasteiger charge is -2.21. The Bertz CT molecular complexity index is 423. The third-order valence-corrected chi connectivity index (χ3v) is 3.63. The van der Waals surface area contributed by atoms with E-state index in [2.05, 4.69) is 33.9 Å². The molecule has 0 saturated carbocycles. The van der Waals surface area contributed by atoms with Crippen LogP contribution in [0.5, 0.6) is 0 Å². The molecule has 0 aliphatic heterocycles. The first-order valence-electron chi connectivity index (χ1n) is 5.86. The van der Waals surface area contributed by atoms with Crippen LogP contribution in [0.2, 0.25) is 0 Å². The van der Waals surface area contributed by atoms with Crippen molar-refractivity contribution in [3.8, 4) is 0 Å². The van der Waals surface area contributed by atoms with Gasteiger partial charge >= 0.3 is 0 Å². The average Bonchev–Trinajstić information content (AvgIpc) is 2.27. The minimum absolute atomic E-state index is 0.0288. The van der Waals surface area contributed by atoms with Crippen LogP contribution in [0.4, 0.5) is 0 Å². The molecule has 100 valence electrons. The van der Waals surface area contributed by atoms with Gasteiger partial charge in [-0.05, 0) is 30.5 Å². The van der Waals surface area contributed by atoms with E-state index < -0.39 is 0 Å². The van der Waals surface area contributed by atoms with E-state index in [1.165, 1.54) is 0 Å². The predicted octanol–water partition coefficient (Wildman–Crippen LogP) is 2.87. The molecule has 3 nitrogen and oxygen atoms in total. The van der Waals surface area contributed by atoms with E-state index in [-0.39, 0.29) is 24.5 Å². The quantitative estimate of drug-likeness (QED) is 0.726. The first-order chi connectivity index (χ1) is 8.45. The second-order valence-electron chi connectivity index (χ2n) is 4.50. The zero-order chi connectivity index (χ0) is 13.7. The Morgan fingerprint density at radius 3 is 2.67 bits per heavy atom. The molecule has 0 spiro atoms. The lowest BCUT2D eigenvalue weighted by atomic mass is 10.0. The van der Waals surface area contributed by atoms with Crippen LogP contribution in [-0.4, -0.2) is 23.7 Å². The Labute approximate surface area is 122 Å². The summed E-state index contributed by atoms with van der Waals surface area (Å²) in [6.07, 6.45) is 0.557. The van der Waals surface area contributed by atoms with Gasteiger partial charge in [-0.25, -0.2) is 0 Å². The number of hydrogen-bond donors (Lipinski definition) is 3. The molecule has 1 aromatic rings. The molecule has 0 fully saturated rings. The molecule has 0 aliphatic carbocycles. The Hall–Kier alpha value is -0.520. The summed E-state index contributed by atoms with van der Waals surface area (Å²) < 4.78 is 0.889. The Balaban J connectivity index is 2.80. The van der Waals surface area contributed by atoms with E-state index in [0.29, 0.717) is 16.9 Å². The number of rotatable bonds is 5. The molecule has 1 atom stereocenters. The zero-order valence-electron chi connectivity index (χ0n) is 10.5. The van der Waals surface area contributed by atoms with Crippen molar-refractivity contribution in [2.75, 3.05) is 6.61 Å². The molecule has 0 radical (unpaired) electrons. The van der Waals surface area contributed by atoms with Gasteiger partial charge in [0.25, 0.3) is 5.91 Å². The summed E-state index contributed by atoms with van der Waals surface area (Å²) in [4.78, 5) is 12.7. The minimum Gasteiger partial charge on any atom is -0.396 e. The SMILES string of the molecule is CC(C)C(CCO)NC(=O)c1ccc(Br)cc1S. The van der Waals surface area contributed by atoms with Crippen molar-refractivity contribution in [3.63, 3.8) is 0 Å². The van der Waals surface area contributed by atoms with Crippen LogP contribution < -0.4 is 5.32 Å². The van der Waals surface area contributed by atoms with Crippen LogP contribution in [0, 0.1) is 5.92 Å². The number of hydrogen-bond acceptors (Lipinski definition) is 3. The van der Waals surface area contributed by atoms with Gasteiger partial charge in [0, 0.05) is 22.0 Å². The Kier molecular flexibility index (Phi) is 6.18. The molecule has 0 aliphatic rings. The van der Waals surface area contributed by atoms with E-state index in [4.69, 9.17) is 5.11 Å². The maximum absolute atomic E-state index is 12.1. The van der Waals surface area contributed by atoms with Crippen molar-refractivity contribution in [2.45, 2.75) is 31.2 Å². The molecule has 1 amide bonds. The number of nitrogens with one attached hydrogen (secondary N) is 1. The van der Waals surface area contributed by atoms with Gasteiger partial charge in [-0.15, -0.1) is 12.6 Å². The van der Waals surface area contributed by atoms with Gasteiger partial charge in [0.05, 0.1) is 5.56 Å². The lowest BCUT2D eigenvalue weighted by Crippen LogP contribution is -2.39. The number of halogens is 1. The van der Waals surface area contributed by atoms with Crippen molar-refractivity contribution in [1.82, 2.24) is 5.32 Å². The van der Waals surface area contributed by atoms with Gasteiger partial charge in [-0.1, -0.05) is 29.8 Å². The summed E-state index contributed by atoms with van der Waals surface area (Å²) in [6, 6.07) is 5.30. The van der Waals surface area contributed by atoms with Gasteiger partial charge in [-0.2, -0.15) is 0 Å². The summed E-state index contributed by atoms with van der Waals surface area (Å²) in [5, 5.41) is 11.9. The van der Waals surface area contributed by atoms with Crippen molar-refractivity contribution >= 4 is 34.5 Å². The number of carbonyl (C=O) groups is 1. The van der Waals surface area contributed by atoms with E-state index in [1.807, 2.05) is 19.9 Å². The van der Waals surface area contributed by atoms with Crippen molar-refractivity contribution < 1.29 is 9.90 Å². The Morgan fingerprint density at radius 1 is 1.50 bits per heavy atom. The fourth-order valence-electron chi connectivity index (χ4n) is 1.65. The molecule has 2 N–H and O–H groups in total. The van der Waals surface area contributed by atoms with Crippen LogP contribution in [0.1, 0.15) is 30.6 Å². The highest BCUT2D eigenvalue weighted by Crippen LogP contribution is 2.20. The molecule has 1 rings (SSSR count). The minimum atomic E-state index is -0.153. The fourth-order valence-corrected chi connectivity index (χ4v) is 2.51. The summed E-state index contributed by atoms with van der Waals surface area (Å²) in [5.74, 6) is 0.125. The van der Waals surface area contributed by atoms with Gasteiger partial charge in [0.2, 0.25) is 0 Å². The monoisotopic (exact) mass is 331 g/mol. The highest BCUT2D eigenvalue weighted by molar-refractivity contribution is 9.10. The van der Waals surface area contributed by atoms with E-state index in [9.17, 15) is 4.79 Å². The van der Waals surface area contributed by atoms with Crippen LogP contribution >= 0.6 is 28.6 Å². The number of amides is 1. The van der Waals surface area contributed by atoms with Crippen molar-refractivity contribution in [3.05, 3.63) is 28.2 Å². The van der Waals surface area contributed by atoms with Crippen LogP contribution in [0.15, 0.2) is 27.6 Å². The predicted molar refractivity (Wildman–Crippen MR) is 79.2 cm³/mol. The lowest BCUT2D eigenvalue weighted by molar-refractivity contribution is 0.0913. The number of aliphatic hydroxyl groups is 1. The number of aliphatic hydroxyl groups excluding tert-OH is 1. The zero-order valence-corrected chi connectivity index (χ0v) is 13.0. The molecular weight excluding hydrogens is 314 g/mol. The van der Waals surface area contributed by atoms with E-state index in [1.54, 1.807) is 12.1 Å². The van der Waals surface area contributed by atoms with Crippen LogP contribution in [0.3, 0.4) is 0 Å². The first-order valence-corrected chi connectivity index (χ1v) is 7.10. The molecule has 1 unspecified atom stereocenters. The number of thiol groups is 1. The normalized spacial score (nSPS) is 12.6. The summed E-state index contributed by atoms with van der Waals surface area (Å²) in [7, 11) is 0. The molecule has 0 bridgehead atoms.